The molecule has 0 heterocycles. The van der Waals surface area contributed by atoms with Crippen molar-refractivity contribution in [2.24, 2.45) is 0 Å². The summed E-state index contributed by atoms with van der Waals surface area (Å²) in [5.41, 5.74) is 2.50. The highest BCUT2D eigenvalue weighted by molar-refractivity contribution is 5.37. The maximum atomic E-state index is 9.86. The van der Waals surface area contributed by atoms with Crippen LogP contribution in [0.1, 0.15) is 36.3 Å². The minimum Gasteiger partial charge on any atom is -0.497 e. The van der Waals surface area contributed by atoms with Crippen LogP contribution in [0.15, 0.2) is 18.2 Å². The molecule has 0 radical (unpaired) electrons. The summed E-state index contributed by atoms with van der Waals surface area (Å²) in [6.45, 7) is 2.09. The molecule has 1 aromatic rings. The molecule has 0 aromatic heterocycles. The second kappa shape index (κ2) is 4.23. The lowest BCUT2D eigenvalue weighted by molar-refractivity contribution is 0.163. The minimum absolute atomic E-state index is 0.155. The summed E-state index contributed by atoms with van der Waals surface area (Å²) in [4.78, 5) is 0. The smallest absolute Gasteiger partial charge is 0.119 e. The number of rotatable bonds is 2. The Morgan fingerprint density at radius 3 is 2.67 bits per heavy atom. The number of aryl methyl sites for hydroxylation is 1. The summed E-state index contributed by atoms with van der Waals surface area (Å²) in [6.07, 6.45) is 3.03. The summed E-state index contributed by atoms with van der Waals surface area (Å²) >= 11 is 0. The van der Waals surface area contributed by atoms with Crippen molar-refractivity contribution in [3.8, 4) is 5.75 Å². The fourth-order valence-corrected chi connectivity index (χ4v) is 2.49. The van der Waals surface area contributed by atoms with Gasteiger partial charge in [-0.25, -0.2) is 0 Å². The molecule has 15 heavy (non-hydrogen) atoms. The molecule has 0 spiro atoms. The first kappa shape index (κ1) is 10.5. The number of hydrogen-bond donors (Lipinski definition) is 1. The Morgan fingerprint density at radius 2 is 2.13 bits per heavy atom. The third-order valence-corrected chi connectivity index (χ3v) is 3.36. The van der Waals surface area contributed by atoms with Crippen LogP contribution in [0.2, 0.25) is 0 Å². The quantitative estimate of drug-likeness (QED) is 0.806. The molecule has 1 aromatic carbocycles. The minimum atomic E-state index is -0.155. The van der Waals surface area contributed by atoms with E-state index in [1.54, 1.807) is 7.11 Å². The zero-order valence-corrected chi connectivity index (χ0v) is 9.36. The molecular formula is C13H18O2. The van der Waals surface area contributed by atoms with Gasteiger partial charge in [0.15, 0.2) is 0 Å². The van der Waals surface area contributed by atoms with Gasteiger partial charge in [-0.3, -0.25) is 0 Å². The van der Waals surface area contributed by atoms with Crippen LogP contribution in [0.5, 0.6) is 5.75 Å². The van der Waals surface area contributed by atoms with Crippen LogP contribution in [0.25, 0.3) is 0 Å². The fraction of sp³-hybridized carbons (Fsp3) is 0.538. The summed E-state index contributed by atoms with van der Waals surface area (Å²) in [5.74, 6) is 1.22. The lowest BCUT2D eigenvalue weighted by Gasteiger charge is -2.17. The Labute approximate surface area is 90.9 Å². The Hall–Kier alpha value is -1.02. The average Bonchev–Trinajstić information content (AvgIpc) is 2.64. The van der Waals surface area contributed by atoms with E-state index in [-0.39, 0.29) is 6.10 Å². The molecule has 0 aliphatic heterocycles. The molecule has 1 saturated carbocycles. The van der Waals surface area contributed by atoms with E-state index in [4.69, 9.17) is 4.74 Å². The van der Waals surface area contributed by atoms with Gasteiger partial charge < -0.3 is 9.84 Å². The van der Waals surface area contributed by atoms with Gasteiger partial charge in [0.05, 0.1) is 13.2 Å². The Kier molecular flexibility index (Phi) is 2.96. The van der Waals surface area contributed by atoms with E-state index in [1.807, 2.05) is 12.1 Å². The standard InChI is InChI=1S/C13H18O2/c1-9-8-10(15-2)6-7-11(9)12-4-3-5-13(12)14/h6-8,12-14H,3-5H2,1-2H3/t12-,13+/m1/s1. The number of hydrogen-bond acceptors (Lipinski definition) is 2. The Bertz CT molecular complexity index is 346. The van der Waals surface area contributed by atoms with Crippen molar-refractivity contribution in [2.45, 2.75) is 38.2 Å². The zero-order chi connectivity index (χ0) is 10.8. The van der Waals surface area contributed by atoms with Crippen LogP contribution in [-0.2, 0) is 0 Å². The maximum absolute atomic E-state index is 9.86. The van der Waals surface area contributed by atoms with Gasteiger partial charge >= 0.3 is 0 Å². The molecule has 2 nitrogen and oxygen atoms in total. The monoisotopic (exact) mass is 206 g/mol. The van der Waals surface area contributed by atoms with Crippen LogP contribution < -0.4 is 4.74 Å². The van der Waals surface area contributed by atoms with E-state index in [0.717, 1.165) is 25.0 Å². The van der Waals surface area contributed by atoms with Gasteiger partial charge in [-0.05, 0) is 43.0 Å². The summed E-state index contributed by atoms with van der Waals surface area (Å²) in [6, 6.07) is 6.11. The van der Waals surface area contributed by atoms with E-state index in [1.165, 1.54) is 11.1 Å². The fourth-order valence-electron chi connectivity index (χ4n) is 2.49. The first-order chi connectivity index (χ1) is 7.22. The van der Waals surface area contributed by atoms with Crippen molar-refractivity contribution in [3.05, 3.63) is 29.3 Å². The first-order valence-electron chi connectivity index (χ1n) is 5.55. The van der Waals surface area contributed by atoms with Crippen LogP contribution >= 0.6 is 0 Å². The van der Waals surface area contributed by atoms with Crippen molar-refractivity contribution >= 4 is 0 Å². The van der Waals surface area contributed by atoms with E-state index in [9.17, 15) is 5.11 Å². The van der Waals surface area contributed by atoms with Gasteiger partial charge in [-0.15, -0.1) is 0 Å². The van der Waals surface area contributed by atoms with Crippen LogP contribution in [0.3, 0.4) is 0 Å². The Balaban J connectivity index is 2.28. The molecule has 0 amide bonds. The van der Waals surface area contributed by atoms with Gasteiger partial charge in [0.25, 0.3) is 0 Å². The number of aliphatic hydroxyl groups excluding tert-OH is 1. The number of benzene rings is 1. The van der Waals surface area contributed by atoms with Gasteiger partial charge in [0.1, 0.15) is 5.75 Å². The average molecular weight is 206 g/mol. The molecule has 0 unspecified atom stereocenters. The van der Waals surface area contributed by atoms with Crippen molar-refractivity contribution in [1.82, 2.24) is 0 Å². The van der Waals surface area contributed by atoms with Crippen molar-refractivity contribution in [1.29, 1.82) is 0 Å². The van der Waals surface area contributed by atoms with Gasteiger partial charge in [0, 0.05) is 5.92 Å². The summed E-state index contributed by atoms with van der Waals surface area (Å²) in [7, 11) is 1.68. The summed E-state index contributed by atoms with van der Waals surface area (Å²) < 4.78 is 5.18. The van der Waals surface area contributed by atoms with Gasteiger partial charge in [-0.2, -0.15) is 0 Å². The molecule has 2 rings (SSSR count). The van der Waals surface area contributed by atoms with Gasteiger partial charge in [0.2, 0.25) is 0 Å². The zero-order valence-electron chi connectivity index (χ0n) is 9.36. The van der Waals surface area contributed by atoms with E-state index >= 15 is 0 Å². The molecule has 82 valence electrons. The first-order valence-corrected chi connectivity index (χ1v) is 5.55. The van der Waals surface area contributed by atoms with E-state index in [0.29, 0.717) is 5.92 Å². The SMILES string of the molecule is COc1ccc([C@H]2CCC[C@@H]2O)c(C)c1. The second-order valence-corrected chi connectivity index (χ2v) is 4.33. The van der Waals surface area contributed by atoms with Crippen LogP contribution in [0.4, 0.5) is 0 Å². The van der Waals surface area contributed by atoms with E-state index in [2.05, 4.69) is 13.0 Å². The molecule has 1 fully saturated rings. The van der Waals surface area contributed by atoms with Crippen molar-refractivity contribution in [3.63, 3.8) is 0 Å². The number of aliphatic hydroxyl groups is 1. The lowest BCUT2D eigenvalue weighted by Crippen LogP contribution is -2.12. The molecule has 1 aliphatic carbocycles. The molecule has 2 heteroatoms. The molecule has 1 N–H and O–H groups in total. The topological polar surface area (TPSA) is 29.5 Å². The highest BCUT2D eigenvalue weighted by Gasteiger charge is 2.27. The molecule has 0 bridgehead atoms. The van der Waals surface area contributed by atoms with E-state index < -0.39 is 0 Å². The number of methoxy groups -OCH3 is 1. The highest BCUT2D eigenvalue weighted by atomic mass is 16.5. The Morgan fingerprint density at radius 1 is 1.33 bits per heavy atom. The predicted octanol–water partition coefficient (Wildman–Crippen LogP) is 2.63. The number of ether oxygens (including phenoxy) is 1. The maximum Gasteiger partial charge on any atom is 0.119 e. The van der Waals surface area contributed by atoms with Crippen molar-refractivity contribution in [2.75, 3.05) is 7.11 Å². The normalized spacial score (nSPS) is 25.5. The summed E-state index contributed by atoms with van der Waals surface area (Å²) in [5, 5.41) is 9.86. The molecular weight excluding hydrogens is 188 g/mol. The predicted molar refractivity (Wildman–Crippen MR) is 60.3 cm³/mol. The third-order valence-electron chi connectivity index (χ3n) is 3.36. The van der Waals surface area contributed by atoms with Crippen LogP contribution in [0, 0.1) is 6.92 Å². The largest absolute Gasteiger partial charge is 0.497 e. The molecule has 2 atom stereocenters. The van der Waals surface area contributed by atoms with Crippen molar-refractivity contribution < 1.29 is 9.84 Å². The third kappa shape index (κ3) is 2.00. The van der Waals surface area contributed by atoms with Gasteiger partial charge in [-0.1, -0.05) is 12.5 Å². The lowest BCUT2D eigenvalue weighted by atomic mass is 9.92. The second-order valence-electron chi connectivity index (χ2n) is 4.33. The highest BCUT2D eigenvalue weighted by Crippen LogP contribution is 2.36. The van der Waals surface area contributed by atoms with Crippen LogP contribution in [-0.4, -0.2) is 18.3 Å². The molecule has 0 saturated heterocycles. The molecule has 1 aliphatic rings.